The van der Waals surface area contributed by atoms with Crippen LogP contribution in [0, 0.1) is 15.9 Å². The van der Waals surface area contributed by atoms with E-state index in [1.54, 1.807) is 12.1 Å². The smallest absolute Gasteiger partial charge is 0.335 e. The Labute approximate surface area is 123 Å². The van der Waals surface area contributed by atoms with Gasteiger partial charge in [0.05, 0.1) is 16.6 Å². The number of halogens is 1. The largest absolute Gasteiger partial charge is 0.478 e. The molecule has 0 aliphatic heterocycles. The minimum atomic E-state index is -1.01. The minimum Gasteiger partial charge on any atom is -0.478 e. The van der Waals surface area contributed by atoms with Crippen molar-refractivity contribution in [2.24, 2.45) is 0 Å². The van der Waals surface area contributed by atoms with Crippen molar-refractivity contribution in [2.45, 2.75) is 10.6 Å². The lowest BCUT2D eigenvalue weighted by Crippen LogP contribution is -1.95. The first-order valence-electron chi connectivity index (χ1n) is 5.86. The fraction of sp³-hybridized carbons (Fsp3) is 0.0714. The van der Waals surface area contributed by atoms with Gasteiger partial charge in [-0.3, -0.25) is 10.1 Å². The topological polar surface area (TPSA) is 80.4 Å². The first kappa shape index (κ1) is 15.0. The monoisotopic (exact) mass is 307 g/mol. The van der Waals surface area contributed by atoms with Crippen LogP contribution in [0.3, 0.4) is 0 Å². The molecule has 7 heteroatoms. The zero-order chi connectivity index (χ0) is 15.4. The molecule has 0 saturated carbocycles. The molecule has 0 bridgehead atoms. The minimum absolute atomic E-state index is 0.181. The Bertz CT molecular complexity index is 688. The summed E-state index contributed by atoms with van der Waals surface area (Å²) in [5, 5.41) is 19.4. The van der Waals surface area contributed by atoms with Gasteiger partial charge in [0.2, 0.25) is 0 Å². The quantitative estimate of drug-likeness (QED) is 0.517. The average Bonchev–Trinajstić information content (AvgIpc) is 2.45. The third-order valence-electron chi connectivity index (χ3n) is 2.66. The third-order valence-corrected chi connectivity index (χ3v) is 3.74. The number of rotatable bonds is 5. The third kappa shape index (κ3) is 4.03. The molecule has 0 saturated heterocycles. The Hall–Kier alpha value is -2.41. The van der Waals surface area contributed by atoms with Crippen molar-refractivity contribution < 1.29 is 19.2 Å². The molecule has 0 aromatic heterocycles. The van der Waals surface area contributed by atoms with Gasteiger partial charge >= 0.3 is 5.97 Å². The molecule has 2 aromatic rings. The van der Waals surface area contributed by atoms with E-state index in [1.807, 2.05) is 0 Å². The van der Waals surface area contributed by atoms with E-state index < -0.39 is 16.7 Å². The number of nitro groups is 1. The Morgan fingerprint density at radius 3 is 2.48 bits per heavy atom. The molecule has 0 heterocycles. The van der Waals surface area contributed by atoms with Crippen LogP contribution < -0.4 is 0 Å². The summed E-state index contributed by atoms with van der Waals surface area (Å²) in [6.07, 6.45) is 0. The van der Waals surface area contributed by atoms with Crippen LogP contribution in [0.4, 0.5) is 10.1 Å². The Morgan fingerprint density at radius 1 is 1.24 bits per heavy atom. The lowest BCUT2D eigenvalue weighted by molar-refractivity contribution is -0.385. The van der Waals surface area contributed by atoms with Gasteiger partial charge in [-0.05, 0) is 35.9 Å². The van der Waals surface area contributed by atoms with Crippen LogP contribution in [0.2, 0.25) is 0 Å². The number of aromatic carboxylic acids is 1. The molecule has 1 N–H and O–H groups in total. The number of carboxylic acid groups (broad SMARTS) is 1. The number of hydrogen-bond acceptors (Lipinski definition) is 4. The van der Waals surface area contributed by atoms with Crippen molar-refractivity contribution in [1.82, 2.24) is 0 Å². The highest BCUT2D eigenvalue weighted by Crippen LogP contribution is 2.25. The highest BCUT2D eigenvalue weighted by molar-refractivity contribution is 7.98. The summed E-state index contributed by atoms with van der Waals surface area (Å²) in [5.74, 6) is -1.31. The summed E-state index contributed by atoms with van der Waals surface area (Å²) in [7, 11) is 0. The number of nitrogens with zero attached hydrogens (tertiary/aromatic N) is 1. The zero-order valence-corrected chi connectivity index (χ0v) is 11.5. The number of benzene rings is 2. The van der Waals surface area contributed by atoms with Crippen LogP contribution in [0.15, 0.2) is 47.4 Å². The molecular weight excluding hydrogens is 297 g/mol. The van der Waals surface area contributed by atoms with Gasteiger partial charge in [-0.15, -0.1) is 11.8 Å². The summed E-state index contributed by atoms with van der Waals surface area (Å²) in [6, 6.07) is 9.66. The zero-order valence-electron chi connectivity index (χ0n) is 10.7. The predicted octanol–water partition coefficient (Wildman–Crippen LogP) is 3.72. The Balaban J connectivity index is 2.09. The van der Waals surface area contributed by atoms with E-state index in [0.29, 0.717) is 11.3 Å². The maximum atomic E-state index is 13.3. The van der Waals surface area contributed by atoms with E-state index in [9.17, 15) is 19.3 Å². The van der Waals surface area contributed by atoms with Gasteiger partial charge in [0.15, 0.2) is 0 Å². The van der Waals surface area contributed by atoms with Gasteiger partial charge in [0.25, 0.3) is 5.69 Å². The molecule has 0 spiro atoms. The molecule has 0 fully saturated rings. The van der Waals surface area contributed by atoms with Gasteiger partial charge in [0, 0.05) is 16.7 Å². The molecule has 0 radical (unpaired) electrons. The molecule has 108 valence electrons. The first-order chi connectivity index (χ1) is 9.95. The molecule has 0 unspecified atom stereocenters. The van der Waals surface area contributed by atoms with Crippen LogP contribution in [-0.4, -0.2) is 16.0 Å². The highest BCUT2D eigenvalue weighted by atomic mass is 32.2. The van der Waals surface area contributed by atoms with Crippen LogP contribution in [0.1, 0.15) is 15.9 Å². The predicted molar refractivity (Wildman–Crippen MR) is 76.0 cm³/mol. The van der Waals surface area contributed by atoms with Gasteiger partial charge < -0.3 is 5.11 Å². The second-order valence-electron chi connectivity index (χ2n) is 4.19. The summed E-state index contributed by atoms with van der Waals surface area (Å²) in [6.45, 7) is 0. The van der Waals surface area contributed by atoms with Crippen LogP contribution in [0.5, 0.6) is 0 Å². The highest BCUT2D eigenvalue weighted by Gasteiger charge is 2.10. The molecule has 21 heavy (non-hydrogen) atoms. The van der Waals surface area contributed by atoms with Crippen LogP contribution in [0.25, 0.3) is 0 Å². The summed E-state index contributed by atoms with van der Waals surface area (Å²) < 4.78 is 13.3. The fourth-order valence-electron chi connectivity index (χ4n) is 1.68. The number of hydrogen-bond donors (Lipinski definition) is 1. The van der Waals surface area contributed by atoms with E-state index in [1.165, 1.54) is 36.0 Å². The number of non-ortho nitro benzene ring substituents is 1. The lowest BCUT2D eigenvalue weighted by atomic mass is 10.2. The van der Waals surface area contributed by atoms with Crippen molar-refractivity contribution in [3.63, 3.8) is 0 Å². The van der Waals surface area contributed by atoms with E-state index >= 15 is 0 Å². The summed E-state index contributed by atoms with van der Waals surface area (Å²) >= 11 is 1.34. The maximum Gasteiger partial charge on any atom is 0.335 e. The Kier molecular flexibility index (Phi) is 4.54. The first-order valence-corrected chi connectivity index (χ1v) is 6.84. The SMILES string of the molecule is O=C(O)c1ccc(SCc2cc(F)cc([N+](=O)[O-])c2)cc1. The summed E-state index contributed by atoms with van der Waals surface area (Å²) in [5.41, 5.74) is 0.390. The molecule has 2 aromatic carbocycles. The van der Waals surface area contributed by atoms with Gasteiger partial charge in [-0.25, -0.2) is 9.18 Å². The second kappa shape index (κ2) is 6.36. The van der Waals surface area contributed by atoms with Gasteiger partial charge in [0.1, 0.15) is 5.82 Å². The average molecular weight is 307 g/mol. The van der Waals surface area contributed by atoms with E-state index in [0.717, 1.165) is 11.0 Å². The Morgan fingerprint density at radius 2 is 1.90 bits per heavy atom. The standard InChI is InChI=1S/C14H10FNO4S/c15-11-5-9(6-12(7-11)16(19)20)8-21-13-3-1-10(2-4-13)14(17)18/h1-7H,8H2,(H,17,18). The normalized spacial score (nSPS) is 10.3. The van der Waals surface area contributed by atoms with E-state index in [-0.39, 0.29) is 11.3 Å². The molecule has 0 atom stereocenters. The van der Waals surface area contributed by atoms with E-state index in [4.69, 9.17) is 5.11 Å². The fourth-order valence-corrected chi connectivity index (χ4v) is 2.51. The van der Waals surface area contributed by atoms with Crippen molar-refractivity contribution in [2.75, 3.05) is 0 Å². The van der Waals surface area contributed by atoms with E-state index in [2.05, 4.69) is 0 Å². The van der Waals surface area contributed by atoms with Crippen molar-refractivity contribution >= 4 is 23.4 Å². The van der Waals surface area contributed by atoms with Crippen molar-refractivity contribution in [3.8, 4) is 0 Å². The second-order valence-corrected chi connectivity index (χ2v) is 5.24. The molecular formula is C14H10FNO4S. The number of carbonyl (C=O) groups is 1. The van der Waals surface area contributed by atoms with Crippen LogP contribution >= 0.6 is 11.8 Å². The van der Waals surface area contributed by atoms with Gasteiger partial charge in [-0.2, -0.15) is 0 Å². The number of thioether (sulfide) groups is 1. The van der Waals surface area contributed by atoms with Crippen LogP contribution in [-0.2, 0) is 5.75 Å². The lowest BCUT2D eigenvalue weighted by Gasteiger charge is -2.03. The molecule has 0 amide bonds. The van der Waals surface area contributed by atoms with Gasteiger partial charge in [-0.1, -0.05) is 0 Å². The molecule has 0 aliphatic carbocycles. The number of carboxylic acids is 1. The van der Waals surface area contributed by atoms with Crippen molar-refractivity contribution in [1.29, 1.82) is 0 Å². The van der Waals surface area contributed by atoms with Crippen molar-refractivity contribution in [3.05, 3.63) is 69.5 Å². The molecule has 2 rings (SSSR count). The summed E-state index contributed by atoms with van der Waals surface area (Å²) in [4.78, 5) is 21.5. The number of nitro benzene ring substituents is 1. The maximum absolute atomic E-state index is 13.3. The molecule has 5 nitrogen and oxygen atoms in total. The molecule has 0 aliphatic rings.